The summed E-state index contributed by atoms with van der Waals surface area (Å²) in [5.41, 5.74) is -0.105. The normalized spacial score (nSPS) is 33.4. The van der Waals surface area contributed by atoms with Crippen molar-refractivity contribution in [3.63, 3.8) is 0 Å². The summed E-state index contributed by atoms with van der Waals surface area (Å²) in [4.78, 5) is 0. The van der Waals surface area contributed by atoms with E-state index in [0.29, 0.717) is 12.0 Å². The first-order valence-corrected chi connectivity index (χ1v) is 5.05. The molecular weight excluding hydrogens is 216 g/mol. The Labute approximate surface area is 92.8 Å². The van der Waals surface area contributed by atoms with E-state index < -0.39 is 23.9 Å². The summed E-state index contributed by atoms with van der Waals surface area (Å²) in [5.74, 6) is -1.97. The molecule has 2 aliphatic rings. The molecule has 1 N–H and O–H groups in total. The molecule has 16 heavy (non-hydrogen) atoms. The molecule has 1 saturated heterocycles. The third kappa shape index (κ3) is 1.25. The fourth-order valence-corrected chi connectivity index (χ4v) is 2.19. The molecule has 5 heteroatoms. The minimum absolute atomic E-state index is 0.0681. The van der Waals surface area contributed by atoms with Crippen LogP contribution < -0.4 is 10.1 Å². The molecule has 0 radical (unpaired) electrons. The molecule has 0 saturated carbocycles. The number of rotatable bonds is 0. The van der Waals surface area contributed by atoms with Crippen molar-refractivity contribution in [2.45, 2.75) is 12.0 Å². The highest BCUT2D eigenvalue weighted by Gasteiger charge is 2.42. The van der Waals surface area contributed by atoms with Gasteiger partial charge in [0, 0.05) is 12.0 Å². The highest BCUT2D eigenvalue weighted by molar-refractivity contribution is 5.43. The Balaban J connectivity index is 2.12. The van der Waals surface area contributed by atoms with Gasteiger partial charge < -0.3 is 9.47 Å². The second kappa shape index (κ2) is 3.40. The first-order valence-electron chi connectivity index (χ1n) is 5.63. The van der Waals surface area contributed by atoms with E-state index in [9.17, 15) is 8.78 Å². The Morgan fingerprint density at radius 3 is 3.06 bits per heavy atom. The lowest BCUT2D eigenvalue weighted by Crippen LogP contribution is -2.43. The molecule has 1 aromatic rings. The Morgan fingerprint density at radius 1 is 1.44 bits per heavy atom. The van der Waals surface area contributed by atoms with Gasteiger partial charge in [-0.05, 0) is 6.07 Å². The average molecular weight is 228 g/mol. The fraction of sp³-hybridized carbons (Fsp3) is 0.455. The van der Waals surface area contributed by atoms with Crippen molar-refractivity contribution in [3.05, 3.63) is 29.3 Å². The monoisotopic (exact) mass is 228 g/mol. The molecule has 0 aliphatic carbocycles. The van der Waals surface area contributed by atoms with Crippen LogP contribution in [0.1, 0.15) is 13.4 Å². The first kappa shape index (κ1) is 8.90. The molecule has 2 aliphatic heterocycles. The zero-order valence-electron chi connectivity index (χ0n) is 9.43. The number of hydrogen-bond donors (Lipinski definition) is 1. The maximum Gasteiger partial charge on any atom is 0.200 e. The highest BCUT2D eigenvalue weighted by Crippen LogP contribution is 2.40. The van der Waals surface area contributed by atoms with E-state index in [0.717, 1.165) is 6.07 Å². The van der Waals surface area contributed by atoms with Crippen molar-refractivity contribution in [2.75, 3.05) is 19.9 Å². The molecule has 0 aromatic heterocycles. The molecule has 1 unspecified atom stereocenters. The van der Waals surface area contributed by atoms with Crippen molar-refractivity contribution < 1.29 is 19.6 Å². The van der Waals surface area contributed by atoms with Crippen LogP contribution in [0.4, 0.5) is 8.78 Å². The fourth-order valence-electron chi connectivity index (χ4n) is 2.19. The lowest BCUT2D eigenvalue weighted by Gasteiger charge is -2.34. The van der Waals surface area contributed by atoms with Crippen LogP contribution >= 0.6 is 0 Å². The first-order chi connectivity index (χ1) is 8.12. The van der Waals surface area contributed by atoms with Crippen molar-refractivity contribution >= 4 is 0 Å². The maximum absolute atomic E-state index is 13.6. The number of halogens is 2. The van der Waals surface area contributed by atoms with Gasteiger partial charge in [-0.3, -0.25) is 5.32 Å². The lowest BCUT2D eigenvalue weighted by molar-refractivity contribution is 0.148. The molecule has 3 rings (SSSR count). The minimum atomic E-state index is -0.975. The molecule has 0 bridgehead atoms. The van der Waals surface area contributed by atoms with Gasteiger partial charge in [0.25, 0.3) is 0 Å². The van der Waals surface area contributed by atoms with Gasteiger partial charge in [0.05, 0.1) is 26.8 Å². The molecule has 2 atom stereocenters. The summed E-state index contributed by atoms with van der Waals surface area (Å²) in [6.45, 7) is -0.298. The van der Waals surface area contributed by atoms with Gasteiger partial charge in [0.15, 0.2) is 11.6 Å². The highest BCUT2D eigenvalue weighted by atomic mass is 19.2. The standard InChI is InChI=1S/C11H11F2NO2/c12-8-2-1-7-10(9(8)13)16-4-3-11(7)5-15-6-14-11/h1-2,14H,3-6H2/i6D/t6-,11?/m0/s1. The summed E-state index contributed by atoms with van der Waals surface area (Å²) in [7, 11) is 0. The van der Waals surface area contributed by atoms with E-state index in [-0.39, 0.29) is 19.0 Å². The van der Waals surface area contributed by atoms with E-state index in [1.807, 2.05) is 0 Å². The van der Waals surface area contributed by atoms with E-state index in [2.05, 4.69) is 5.32 Å². The van der Waals surface area contributed by atoms with Crippen LogP contribution in [0.2, 0.25) is 0 Å². The summed E-state index contributed by atoms with van der Waals surface area (Å²) in [5, 5.41) is 2.95. The molecular formula is C11H11F2NO2. The number of nitrogens with one attached hydrogen (secondary N) is 1. The Bertz CT molecular complexity index is 471. The average Bonchev–Trinajstić information content (AvgIpc) is 2.67. The maximum atomic E-state index is 13.6. The number of hydrogen-bond acceptors (Lipinski definition) is 3. The van der Waals surface area contributed by atoms with E-state index in [1.54, 1.807) is 0 Å². The SMILES string of the molecule is [2H][C@H]1NC2(CCOc3c2ccc(F)c3F)CO1. The van der Waals surface area contributed by atoms with Gasteiger partial charge in [-0.15, -0.1) is 0 Å². The Hall–Kier alpha value is -1.20. The van der Waals surface area contributed by atoms with E-state index in [1.165, 1.54) is 6.07 Å². The van der Waals surface area contributed by atoms with Crippen LogP contribution in [-0.4, -0.2) is 19.9 Å². The number of fused-ring (bicyclic) bond motifs is 2. The van der Waals surface area contributed by atoms with Crippen LogP contribution in [-0.2, 0) is 10.3 Å². The second-order valence-corrected chi connectivity index (χ2v) is 3.99. The van der Waals surface area contributed by atoms with Crippen LogP contribution in [0.15, 0.2) is 12.1 Å². The molecule has 1 fully saturated rings. The van der Waals surface area contributed by atoms with Gasteiger partial charge in [0.1, 0.15) is 0 Å². The van der Waals surface area contributed by atoms with Gasteiger partial charge in [-0.25, -0.2) is 4.39 Å². The van der Waals surface area contributed by atoms with Gasteiger partial charge in [-0.2, -0.15) is 4.39 Å². The molecule has 2 heterocycles. The van der Waals surface area contributed by atoms with Crippen LogP contribution in [0.5, 0.6) is 5.75 Å². The van der Waals surface area contributed by atoms with Crippen molar-refractivity contribution in [2.24, 2.45) is 0 Å². The van der Waals surface area contributed by atoms with Gasteiger partial charge in [-0.1, -0.05) is 6.07 Å². The molecule has 86 valence electrons. The molecule has 3 nitrogen and oxygen atoms in total. The van der Waals surface area contributed by atoms with E-state index in [4.69, 9.17) is 10.8 Å². The molecule has 1 spiro atoms. The molecule has 1 aromatic carbocycles. The quantitative estimate of drug-likeness (QED) is 0.730. The third-order valence-electron chi connectivity index (χ3n) is 3.09. The lowest BCUT2D eigenvalue weighted by atomic mass is 9.85. The summed E-state index contributed by atoms with van der Waals surface area (Å²) in [6, 6.07) is 2.56. The van der Waals surface area contributed by atoms with Crippen LogP contribution in [0, 0.1) is 11.6 Å². The van der Waals surface area contributed by atoms with Crippen molar-refractivity contribution in [3.8, 4) is 5.75 Å². The van der Waals surface area contributed by atoms with Crippen molar-refractivity contribution in [1.29, 1.82) is 0 Å². The van der Waals surface area contributed by atoms with Gasteiger partial charge >= 0.3 is 0 Å². The van der Waals surface area contributed by atoms with Crippen LogP contribution in [0.25, 0.3) is 0 Å². The van der Waals surface area contributed by atoms with Gasteiger partial charge in [0.2, 0.25) is 5.82 Å². The topological polar surface area (TPSA) is 30.5 Å². The smallest absolute Gasteiger partial charge is 0.200 e. The zero-order chi connectivity index (χ0) is 12.0. The number of benzene rings is 1. The predicted molar refractivity (Wildman–Crippen MR) is 52.1 cm³/mol. The van der Waals surface area contributed by atoms with Crippen LogP contribution in [0.3, 0.4) is 0 Å². The summed E-state index contributed by atoms with van der Waals surface area (Å²) in [6.07, 6.45) is 0.570. The summed E-state index contributed by atoms with van der Waals surface area (Å²) >= 11 is 0. The second-order valence-electron chi connectivity index (χ2n) is 3.99. The Kier molecular flexibility index (Phi) is 1.89. The zero-order valence-corrected chi connectivity index (χ0v) is 8.43. The third-order valence-corrected chi connectivity index (χ3v) is 3.09. The van der Waals surface area contributed by atoms with Crippen molar-refractivity contribution in [1.82, 2.24) is 5.32 Å². The predicted octanol–water partition coefficient (Wildman–Crippen LogP) is 1.52. The molecule has 0 amide bonds. The minimum Gasteiger partial charge on any atom is -0.490 e. The van der Waals surface area contributed by atoms with E-state index >= 15 is 0 Å². The largest absolute Gasteiger partial charge is 0.490 e. The Morgan fingerprint density at radius 2 is 2.31 bits per heavy atom. The number of ether oxygens (including phenoxy) is 2. The summed E-state index contributed by atoms with van der Waals surface area (Å²) < 4.78 is 44.5.